The van der Waals surface area contributed by atoms with Crippen LogP contribution in [0.4, 0.5) is 0 Å². The van der Waals surface area contributed by atoms with E-state index in [4.69, 9.17) is 9.40 Å². The molecule has 6 nitrogen and oxygen atoms in total. The quantitative estimate of drug-likeness (QED) is 0.127. The van der Waals surface area contributed by atoms with Gasteiger partial charge in [-0.15, -0.1) is 48.0 Å². The molecule has 0 unspecified atom stereocenters. The topological polar surface area (TPSA) is 80.5 Å². The van der Waals surface area contributed by atoms with E-state index in [9.17, 15) is 5.26 Å². The Hall–Kier alpha value is -5.97. The number of furan rings is 1. The molecule has 0 amide bonds. The standard InChI is InChI=1S/C33H21N4O.C14H16NSi.Ir/c1-20-17-24(18-21(2)35-20)37-29-9-5-4-8-28(29)36-33(37)27-16-15-25(23-13-11-22(19-34)12-14-23)31-26-7-3-6-10-30(26)38-32(27)31;1-16(2,3)13-9-10-14(15-11-13)12-7-5-4-6-8-12;/h3-15,17-18H,1-2H3;4-7,9-11H,1-3H3;/q2*-1;. The molecule has 0 saturated heterocycles. The molecule has 0 aliphatic carbocycles. The van der Waals surface area contributed by atoms with Crippen molar-refractivity contribution < 1.29 is 24.5 Å². The summed E-state index contributed by atoms with van der Waals surface area (Å²) < 4.78 is 8.69. The molecule has 0 aliphatic heterocycles. The van der Waals surface area contributed by atoms with E-state index in [0.29, 0.717) is 5.56 Å². The average Bonchev–Trinajstić information content (AvgIpc) is 3.77. The Morgan fingerprint density at radius 2 is 1.51 bits per heavy atom. The van der Waals surface area contributed by atoms with Crippen LogP contribution in [0.25, 0.3) is 72.4 Å². The summed E-state index contributed by atoms with van der Waals surface area (Å²) >= 11 is 0. The van der Waals surface area contributed by atoms with Gasteiger partial charge in [0.1, 0.15) is 5.58 Å². The molecule has 0 fully saturated rings. The Labute approximate surface area is 335 Å². The fourth-order valence-corrected chi connectivity index (χ4v) is 7.87. The first-order valence-electron chi connectivity index (χ1n) is 17.9. The van der Waals surface area contributed by atoms with Crippen LogP contribution in [-0.2, 0) is 20.1 Å². The van der Waals surface area contributed by atoms with Crippen molar-refractivity contribution in [3.8, 4) is 45.5 Å². The van der Waals surface area contributed by atoms with Crippen molar-refractivity contribution in [1.29, 1.82) is 5.26 Å². The number of para-hydroxylation sites is 3. The van der Waals surface area contributed by atoms with Crippen LogP contribution in [-0.4, -0.2) is 27.6 Å². The molecular formula is C47H37IrN5OSi-2. The molecule has 9 rings (SSSR count). The van der Waals surface area contributed by atoms with Crippen molar-refractivity contribution in [2.45, 2.75) is 33.5 Å². The zero-order valence-electron chi connectivity index (χ0n) is 31.2. The molecule has 5 aromatic carbocycles. The third kappa shape index (κ3) is 7.43. The summed E-state index contributed by atoms with van der Waals surface area (Å²) in [6.07, 6.45) is 2.02. The van der Waals surface area contributed by atoms with Crippen LogP contribution >= 0.6 is 0 Å². The zero-order chi connectivity index (χ0) is 37.4. The minimum atomic E-state index is -1.23. The summed E-state index contributed by atoms with van der Waals surface area (Å²) in [7, 11) is -1.23. The van der Waals surface area contributed by atoms with Crippen LogP contribution in [0.1, 0.15) is 17.0 Å². The van der Waals surface area contributed by atoms with Crippen molar-refractivity contribution in [3.05, 3.63) is 163 Å². The second-order valence-electron chi connectivity index (χ2n) is 14.4. The predicted octanol–water partition coefficient (Wildman–Crippen LogP) is 11.0. The Kier molecular flexibility index (Phi) is 10.5. The second-order valence-corrected chi connectivity index (χ2v) is 19.5. The van der Waals surface area contributed by atoms with Gasteiger partial charge >= 0.3 is 0 Å². The normalized spacial score (nSPS) is 11.2. The molecule has 4 aromatic heterocycles. The minimum absolute atomic E-state index is 0. The van der Waals surface area contributed by atoms with Gasteiger partial charge in [-0.25, -0.2) is 0 Å². The Morgan fingerprint density at radius 3 is 2.20 bits per heavy atom. The van der Waals surface area contributed by atoms with Gasteiger partial charge in [0.25, 0.3) is 0 Å². The number of hydrogen-bond donors (Lipinski definition) is 0. The molecule has 0 bridgehead atoms. The van der Waals surface area contributed by atoms with Crippen molar-refractivity contribution in [3.63, 3.8) is 0 Å². The van der Waals surface area contributed by atoms with Crippen LogP contribution in [0.5, 0.6) is 0 Å². The fraction of sp³-hybridized carbons (Fsp3) is 0.106. The van der Waals surface area contributed by atoms with Crippen LogP contribution in [0.3, 0.4) is 0 Å². The first-order valence-corrected chi connectivity index (χ1v) is 21.4. The number of aromatic nitrogens is 4. The Bertz CT molecular complexity index is 2810. The van der Waals surface area contributed by atoms with E-state index in [1.165, 1.54) is 5.19 Å². The van der Waals surface area contributed by atoms with E-state index >= 15 is 0 Å². The van der Waals surface area contributed by atoms with Gasteiger partial charge in [0.2, 0.25) is 0 Å². The van der Waals surface area contributed by atoms with Gasteiger partial charge in [0.15, 0.2) is 0 Å². The Morgan fingerprint density at radius 1 is 0.782 bits per heavy atom. The number of rotatable bonds is 5. The van der Waals surface area contributed by atoms with Crippen LogP contribution in [0, 0.1) is 37.3 Å². The van der Waals surface area contributed by atoms with E-state index in [2.05, 4.69) is 88.8 Å². The second kappa shape index (κ2) is 15.4. The van der Waals surface area contributed by atoms with Gasteiger partial charge in [-0.3, -0.25) is 9.97 Å². The SMILES string of the molecule is C[Si](C)(C)c1ccc(-c2[c-]cccc2)nc1.Cc1cc(-n2c(-c3[c-]cc(-c4ccc(C#N)cc4)c4c3oc3ccccc34)nc3ccccc32)cc(C)n1.[Ir]. The molecule has 9 aromatic rings. The summed E-state index contributed by atoms with van der Waals surface area (Å²) in [5.41, 5.74) is 11.8. The van der Waals surface area contributed by atoms with Gasteiger partial charge < -0.3 is 14.0 Å². The molecule has 8 heteroatoms. The zero-order valence-corrected chi connectivity index (χ0v) is 34.6. The maximum atomic E-state index is 9.27. The first-order chi connectivity index (χ1) is 26.2. The third-order valence-corrected chi connectivity index (χ3v) is 11.5. The van der Waals surface area contributed by atoms with Crippen LogP contribution in [0.2, 0.25) is 19.6 Å². The summed E-state index contributed by atoms with van der Waals surface area (Å²) in [5.74, 6) is 0.756. The summed E-state index contributed by atoms with van der Waals surface area (Å²) in [5, 5.41) is 12.7. The molecule has 0 atom stereocenters. The van der Waals surface area contributed by atoms with Crippen LogP contribution < -0.4 is 5.19 Å². The molecule has 0 aliphatic rings. The number of imidazole rings is 1. The number of benzene rings is 5. The number of aryl methyl sites for hydroxylation is 2. The summed E-state index contributed by atoms with van der Waals surface area (Å²) in [6.45, 7) is 11.0. The minimum Gasteiger partial charge on any atom is -0.501 e. The Balaban J connectivity index is 0.000000231. The number of pyridine rings is 2. The first kappa shape index (κ1) is 37.3. The number of nitrogens with zero attached hydrogens (tertiary/aromatic N) is 5. The number of nitriles is 1. The molecule has 55 heavy (non-hydrogen) atoms. The monoisotopic (exact) mass is 908 g/mol. The van der Waals surface area contributed by atoms with Crippen LogP contribution in [0.15, 0.2) is 138 Å². The molecule has 0 saturated carbocycles. The van der Waals surface area contributed by atoms with E-state index in [-0.39, 0.29) is 20.1 Å². The maximum Gasteiger partial charge on any atom is 0.120 e. The van der Waals surface area contributed by atoms with Gasteiger partial charge in [-0.05, 0) is 72.6 Å². The molecule has 0 N–H and O–H groups in total. The summed E-state index contributed by atoms with van der Waals surface area (Å²) in [4.78, 5) is 14.2. The van der Waals surface area contributed by atoms with E-state index < -0.39 is 8.07 Å². The van der Waals surface area contributed by atoms with E-state index in [1.54, 1.807) is 0 Å². The number of fused-ring (bicyclic) bond motifs is 4. The van der Waals surface area contributed by atoms with E-state index in [1.807, 2.05) is 111 Å². The van der Waals surface area contributed by atoms with Gasteiger partial charge in [0, 0.05) is 48.8 Å². The van der Waals surface area contributed by atoms with Gasteiger partial charge in [-0.2, -0.15) is 5.26 Å². The summed E-state index contributed by atoms with van der Waals surface area (Å²) in [6, 6.07) is 51.1. The van der Waals surface area contributed by atoms with Crippen molar-refractivity contribution in [2.24, 2.45) is 0 Å². The number of hydrogen-bond acceptors (Lipinski definition) is 5. The average molecular weight is 908 g/mol. The van der Waals surface area contributed by atoms with Crippen molar-refractivity contribution >= 4 is 46.2 Å². The molecule has 4 heterocycles. The van der Waals surface area contributed by atoms with E-state index in [0.717, 1.165) is 83.8 Å². The molecule has 1 radical (unpaired) electrons. The van der Waals surface area contributed by atoms with Crippen molar-refractivity contribution in [2.75, 3.05) is 0 Å². The molecular weight excluding hydrogens is 871 g/mol. The van der Waals surface area contributed by atoms with Gasteiger partial charge in [-0.1, -0.05) is 90.9 Å². The molecule has 271 valence electrons. The maximum absolute atomic E-state index is 9.27. The molecule has 0 spiro atoms. The smallest absolute Gasteiger partial charge is 0.120 e. The van der Waals surface area contributed by atoms with Gasteiger partial charge in [0.05, 0.1) is 42.1 Å². The van der Waals surface area contributed by atoms with Crippen molar-refractivity contribution in [1.82, 2.24) is 19.5 Å². The third-order valence-electron chi connectivity index (χ3n) is 9.50. The predicted molar refractivity (Wildman–Crippen MR) is 222 cm³/mol. The largest absolute Gasteiger partial charge is 0.501 e. The fourth-order valence-electron chi connectivity index (χ4n) is 6.84.